The monoisotopic (exact) mass is 478 g/mol. The second-order valence-electron chi connectivity index (χ2n) is 7.52. The van der Waals surface area contributed by atoms with E-state index in [2.05, 4.69) is 20.8 Å². The van der Waals surface area contributed by atoms with Crippen molar-refractivity contribution in [3.8, 4) is 0 Å². The van der Waals surface area contributed by atoms with Gasteiger partial charge >= 0.3 is 0 Å². The zero-order valence-corrected chi connectivity index (χ0v) is 18.5. The van der Waals surface area contributed by atoms with Crippen LogP contribution >= 0.6 is 39.1 Å². The number of ketones is 1. The molecule has 3 nitrogen and oxygen atoms in total. The molecule has 28 heavy (non-hydrogen) atoms. The molecule has 0 saturated heterocycles. The predicted octanol–water partition coefficient (Wildman–Crippen LogP) is 6.40. The quantitative estimate of drug-likeness (QED) is 0.475. The topological polar surface area (TPSA) is 32.7 Å². The average molecular weight is 480 g/mol. The molecule has 0 bridgehead atoms. The van der Waals surface area contributed by atoms with Gasteiger partial charge in [-0.3, -0.25) is 14.7 Å². The predicted molar refractivity (Wildman–Crippen MR) is 119 cm³/mol. The van der Waals surface area contributed by atoms with Crippen molar-refractivity contribution in [3.63, 3.8) is 0 Å². The molecule has 146 valence electrons. The van der Waals surface area contributed by atoms with E-state index in [-0.39, 0.29) is 11.4 Å². The van der Waals surface area contributed by atoms with Crippen LogP contribution in [0.1, 0.15) is 48.0 Å². The maximum atomic E-state index is 13.0. The minimum atomic E-state index is -0.257. The van der Waals surface area contributed by atoms with Crippen LogP contribution in [0.2, 0.25) is 10.0 Å². The number of carbonyl (C=O) groups excluding carboxylic acids is 1. The summed E-state index contributed by atoms with van der Waals surface area (Å²) in [4.78, 5) is 20.4. The number of rotatable bonds is 4. The molecule has 0 atom stereocenters. The highest BCUT2D eigenvalue weighted by atomic mass is 79.9. The fraction of sp³-hybridized carbons (Fsp3) is 0.364. The smallest absolute Gasteiger partial charge is 0.176 e. The lowest BCUT2D eigenvalue weighted by Crippen LogP contribution is -2.47. The fourth-order valence-corrected chi connectivity index (χ4v) is 4.79. The minimum absolute atomic E-state index is 0.0925. The third-order valence-corrected chi connectivity index (χ3v) is 7.15. The number of benzene rings is 2. The molecule has 1 aliphatic carbocycles. The van der Waals surface area contributed by atoms with Crippen molar-refractivity contribution in [1.82, 2.24) is 4.90 Å². The van der Waals surface area contributed by atoms with Crippen LogP contribution in [0.15, 0.2) is 51.9 Å². The lowest BCUT2D eigenvalue weighted by molar-refractivity contribution is 0.0689. The van der Waals surface area contributed by atoms with E-state index < -0.39 is 0 Å². The molecule has 0 amide bonds. The molecule has 1 spiro atoms. The van der Waals surface area contributed by atoms with E-state index in [1.807, 2.05) is 24.3 Å². The second kappa shape index (κ2) is 8.27. The highest BCUT2D eigenvalue weighted by Crippen LogP contribution is 2.39. The third-order valence-electron chi connectivity index (χ3n) is 5.68. The van der Waals surface area contributed by atoms with Gasteiger partial charge in [-0.25, -0.2) is 0 Å². The Morgan fingerprint density at radius 2 is 1.79 bits per heavy atom. The zero-order chi connectivity index (χ0) is 19.7. The summed E-state index contributed by atoms with van der Waals surface area (Å²) in [5.74, 6) is 0.0925. The fourth-order valence-electron chi connectivity index (χ4n) is 4.17. The molecule has 0 unspecified atom stereocenters. The SMILES string of the molecule is O=C(CN1CC(c2ccc(Cl)cc2)=NC12CCCCC2)c1ccc(Cl)c(Br)c1. The number of halogens is 3. The summed E-state index contributed by atoms with van der Waals surface area (Å²) in [6.45, 7) is 1.04. The van der Waals surface area contributed by atoms with Gasteiger partial charge in [0.1, 0.15) is 5.66 Å². The summed E-state index contributed by atoms with van der Waals surface area (Å²) in [6.07, 6.45) is 5.53. The van der Waals surface area contributed by atoms with Gasteiger partial charge in [0.15, 0.2) is 5.78 Å². The first-order chi connectivity index (χ1) is 13.5. The van der Waals surface area contributed by atoms with E-state index in [1.54, 1.807) is 18.2 Å². The summed E-state index contributed by atoms with van der Waals surface area (Å²) in [7, 11) is 0. The Labute approximate surface area is 183 Å². The highest BCUT2D eigenvalue weighted by Gasteiger charge is 2.43. The Balaban J connectivity index is 1.59. The maximum absolute atomic E-state index is 13.0. The molecular formula is C22H21BrCl2N2O. The number of aliphatic imine (C=N–C) groups is 1. The van der Waals surface area contributed by atoms with E-state index in [0.717, 1.165) is 46.5 Å². The molecule has 1 heterocycles. The van der Waals surface area contributed by atoms with Crippen molar-refractivity contribution in [2.24, 2.45) is 4.99 Å². The van der Waals surface area contributed by atoms with Crippen LogP contribution in [0.4, 0.5) is 0 Å². The molecular weight excluding hydrogens is 459 g/mol. The Bertz CT molecular complexity index is 921. The molecule has 0 N–H and O–H groups in total. The summed E-state index contributed by atoms with van der Waals surface area (Å²) in [5.41, 5.74) is 2.54. The van der Waals surface area contributed by atoms with Crippen LogP contribution in [0, 0.1) is 0 Å². The summed E-state index contributed by atoms with van der Waals surface area (Å²) in [5, 5.41) is 1.32. The van der Waals surface area contributed by atoms with Gasteiger partial charge in [-0.05, 0) is 77.5 Å². The van der Waals surface area contributed by atoms with E-state index in [9.17, 15) is 4.79 Å². The van der Waals surface area contributed by atoms with Crippen LogP contribution < -0.4 is 0 Å². The van der Waals surface area contributed by atoms with Gasteiger partial charge in [-0.2, -0.15) is 0 Å². The number of hydrogen-bond acceptors (Lipinski definition) is 3. The van der Waals surface area contributed by atoms with Crippen molar-refractivity contribution >= 4 is 50.6 Å². The van der Waals surface area contributed by atoms with E-state index in [4.69, 9.17) is 28.2 Å². The molecule has 2 aromatic carbocycles. The average Bonchev–Trinajstić information content (AvgIpc) is 3.02. The van der Waals surface area contributed by atoms with Crippen molar-refractivity contribution in [3.05, 3.63) is 68.1 Å². The van der Waals surface area contributed by atoms with Crippen molar-refractivity contribution in [1.29, 1.82) is 0 Å². The summed E-state index contributed by atoms with van der Waals surface area (Å²) >= 11 is 15.5. The zero-order valence-electron chi connectivity index (χ0n) is 15.4. The van der Waals surface area contributed by atoms with Crippen LogP contribution in [-0.2, 0) is 0 Å². The third kappa shape index (κ3) is 4.06. The first-order valence-corrected chi connectivity index (χ1v) is 11.1. The van der Waals surface area contributed by atoms with Crippen LogP contribution in [0.3, 0.4) is 0 Å². The Morgan fingerprint density at radius 1 is 1.07 bits per heavy atom. The van der Waals surface area contributed by atoms with E-state index >= 15 is 0 Å². The van der Waals surface area contributed by atoms with Gasteiger partial charge in [0.2, 0.25) is 0 Å². The molecule has 0 radical (unpaired) electrons. The van der Waals surface area contributed by atoms with Gasteiger partial charge in [-0.15, -0.1) is 0 Å². The number of Topliss-reactive ketones (excluding diaryl/α,β-unsaturated/α-hetero) is 1. The maximum Gasteiger partial charge on any atom is 0.176 e. The molecule has 1 aliphatic heterocycles. The largest absolute Gasteiger partial charge is 0.293 e. The van der Waals surface area contributed by atoms with Crippen molar-refractivity contribution in [2.45, 2.75) is 37.8 Å². The first kappa shape index (κ1) is 20.1. The van der Waals surface area contributed by atoms with Gasteiger partial charge in [0, 0.05) is 21.6 Å². The molecule has 2 aromatic rings. The van der Waals surface area contributed by atoms with Gasteiger partial charge in [-0.1, -0.05) is 41.8 Å². The van der Waals surface area contributed by atoms with Crippen molar-refractivity contribution in [2.75, 3.05) is 13.1 Å². The molecule has 2 aliphatic rings. The van der Waals surface area contributed by atoms with Crippen LogP contribution in [-0.4, -0.2) is 35.1 Å². The number of nitrogens with zero attached hydrogens (tertiary/aromatic N) is 2. The molecule has 1 fully saturated rings. The normalized spacial score (nSPS) is 19.0. The van der Waals surface area contributed by atoms with Gasteiger partial charge in [0.05, 0.1) is 17.3 Å². The van der Waals surface area contributed by atoms with E-state index in [1.165, 1.54) is 6.42 Å². The molecule has 6 heteroatoms. The summed E-state index contributed by atoms with van der Waals surface area (Å²) < 4.78 is 0.743. The standard InChI is InChI=1S/C22H21BrCl2N2O/c23-18-12-16(6-9-19(18)25)21(28)14-27-13-20(15-4-7-17(24)8-5-15)26-22(27)10-2-1-3-11-22/h4-9,12H,1-3,10-11,13-14H2. The molecule has 1 saturated carbocycles. The highest BCUT2D eigenvalue weighted by molar-refractivity contribution is 9.10. The Kier molecular flexibility index (Phi) is 5.93. The van der Waals surface area contributed by atoms with Crippen molar-refractivity contribution < 1.29 is 4.79 Å². The Morgan fingerprint density at radius 3 is 2.46 bits per heavy atom. The van der Waals surface area contributed by atoms with Crippen LogP contribution in [0.5, 0.6) is 0 Å². The Hall–Kier alpha value is -1.20. The number of carbonyl (C=O) groups is 1. The summed E-state index contributed by atoms with van der Waals surface area (Å²) in [6, 6.07) is 13.2. The van der Waals surface area contributed by atoms with E-state index in [0.29, 0.717) is 23.7 Å². The molecule has 0 aromatic heterocycles. The first-order valence-electron chi connectivity index (χ1n) is 9.55. The lowest BCUT2D eigenvalue weighted by atomic mass is 9.88. The molecule has 4 rings (SSSR count). The van der Waals surface area contributed by atoms with Crippen LogP contribution in [0.25, 0.3) is 0 Å². The van der Waals surface area contributed by atoms with Gasteiger partial charge < -0.3 is 0 Å². The van der Waals surface area contributed by atoms with Gasteiger partial charge in [0.25, 0.3) is 0 Å². The minimum Gasteiger partial charge on any atom is -0.293 e. The number of hydrogen-bond donors (Lipinski definition) is 0. The second-order valence-corrected chi connectivity index (χ2v) is 9.21. The lowest BCUT2D eigenvalue weighted by Gasteiger charge is -2.39.